The second-order valence-corrected chi connectivity index (χ2v) is 7.15. The number of nitrogens with zero attached hydrogens (tertiary/aromatic N) is 1. The van der Waals surface area contributed by atoms with E-state index in [9.17, 15) is 14.4 Å². The number of methoxy groups -OCH3 is 1. The van der Waals surface area contributed by atoms with Gasteiger partial charge in [0.2, 0.25) is 0 Å². The summed E-state index contributed by atoms with van der Waals surface area (Å²) >= 11 is 0. The molecule has 1 fully saturated rings. The Morgan fingerprint density at radius 1 is 1.07 bits per heavy atom. The van der Waals surface area contributed by atoms with Crippen molar-refractivity contribution in [2.75, 3.05) is 25.2 Å². The van der Waals surface area contributed by atoms with Crippen LogP contribution in [0.25, 0.3) is 0 Å². The predicted octanol–water partition coefficient (Wildman–Crippen LogP) is 3.02. The topological polar surface area (TPSA) is 82.1 Å². The van der Waals surface area contributed by atoms with Crippen molar-refractivity contribution in [1.82, 2.24) is 0 Å². The molecule has 0 aromatic heterocycles. The maximum atomic E-state index is 13.1. The Labute approximate surface area is 170 Å². The molecule has 1 aromatic carbocycles. The molecular weight excluding hydrogens is 374 g/mol. The van der Waals surface area contributed by atoms with E-state index < -0.39 is 17.4 Å². The molecular formula is C22H27NO6. The number of fused-ring (bicyclic) bond motifs is 1. The molecule has 1 aromatic rings. The van der Waals surface area contributed by atoms with Crippen LogP contribution >= 0.6 is 0 Å². The van der Waals surface area contributed by atoms with Gasteiger partial charge in [-0.15, -0.1) is 0 Å². The average molecular weight is 401 g/mol. The third-order valence-electron chi connectivity index (χ3n) is 5.65. The summed E-state index contributed by atoms with van der Waals surface area (Å²) in [5.41, 5.74) is 0.763. The molecule has 7 nitrogen and oxygen atoms in total. The highest BCUT2D eigenvalue weighted by atomic mass is 16.6. The van der Waals surface area contributed by atoms with Crippen molar-refractivity contribution in [2.45, 2.75) is 46.1 Å². The smallest absolute Gasteiger partial charge is 0.323 e. The van der Waals surface area contributed by atoms with Gasteiger partial charge in [0.05, 0.1) is 26.4 Å². The molecule has 2 aliphatic rings. The van der Waals surface area contributed by atoms with E-state index in [0.717, 1.165) is 5.57 Å². The number of carbonyl (C=O) groups excluding carboxylic acids is 3. The van der Waals surface area contributed by atoms with Crippen LogP contribution in [0, 0.1) is 5.41 Å². The van der Waals surface area contributed by atoms with E-state index >= 15 is 0 Å². The molecule has 29 heavy (non-hydrogen) atoms. The Hall–Kier alpha value is -2.83. The molecule has 3 rings (SSSR count). The van der Waals surface area contributed by atoms with E-state index in [1.807, 2.05) is 19.1 Å². The number of amides is 1. The van der Waals surface area contributed by atoms with Crippen molar-refractivity contribution in [2.24, 2.45) is 5.41 Å². The van der Waals surface area contributed by atoms with Crippen LogP contribution < -0.4 is 9.64 Å². The van der Waals surface area contributed by atoms with Crippen molar-refractivity contribution in [3.05, 3.63) is 35.4 Å². The first-order valence-corrected chi connectivity index (χ1v) is 9.97. The molecule has 1 amide bonds. The molecule has 0 saturated heterocycles. The summed E-state index contributed by atoms with van der Waals surface area (Å²) in [4.78, 5) is 40.5. The zero-order chi connectivity index (χ0) is 21.2. The first-order valence-electron chi connectivity index (χ1n) is 9.97. The van der Waals surface area contributed by atoms with E-state index in [2.05, 4.69) is 0 Å². The fraction of sp³-hybridized carbons (Fsp3) is 0.500. The monoisotopic (exact) mass is 401 g/mol. The van der Waals surface area contributed by atoms with Crippen LogP contribution in [0.1, 0.15) is 40.0 Å². The van der Waals surface area contributed by atoms with E-state index in [1.54, 1.807) is 38.0 Å². The normalized spacial score (nSPS) is 19.9. The maximum absolute atomic E-state index is 13.1. The van der Waals surface area contributed by atoms with Gasteiger partial charge < -0.3 is 19.1 Å². The number of ether oxygens (including phenoxy) is 3. The van der Waals surface area contributed by atoms with Crippen LogP contribution in [0.4, 0.5) is 5.69 Å². The van der Waals surface area contributed by atoms with Gasteiger partial charge >= 0.3 is 11.9 Å². The van der Waals surface area contributed by atoms with Gasteiger partial charge in [-0.2, -0.15) is 0 Å². The highest BCUT2D eigenvalue weighted by molar-refractivity contribution is 6.12. The highest BCUT2D eigenvalue weighted by Crippen LogP contribution is 2.51. The van der Waals surface area contributed by atoms with Crippen LogP contribution in [0.15, 0.2) is 35.4 Å². The molecule has 1 heterocycles. The SMILES string of the molecule is CCOC(=O)C1(C(=O)OCC)CC2=C(CC)C(=O)N(c3ccc(OC)cc3)C2C1. The summed E-state index contributed by atoms with van der Waals surface area (Å²) in [7, 11) is 1.58. The third-order valence-corrected chi connectivity index (χ3v) is 5.65. The van der Waals surface area contributed by atoms with E-state index in [-0.39, 0.29) is 38.0 Å². The zero-order valence-corrected chi connectivity index (χ0v) is 17.3. The Bertz CT molecular complexity index is 823. The zero-order valence-electron chi connectivity index (χ0n) is 17.3. The minimum atomic E-state index is -1.42. The summed E-state index contributed by atoms with van der Waals surface area (Å²) in [6.45, 7) is 5.66. The van der Waals surface area contributed by atoms with Gasteiger partial charge in [-0.05, 0) is 62.9 Å². The number of esters is 2. The van der Waals surface area contributed by atoms with Crippen molar-refractivity contribution >= 4 is 23.5 Å². The van der Waals surface area contributed by atoms with Gasteiger partial charge in [-0.3, -0.25) is 14.4 Å². The van der Waals surface area contributed by atoms with Crippen LogP contribution in [0.2, 0.25) is 0 Å². The second-order valence-electron chi connectivity index (χ2n) is 7.15. The van der Waals surface area contributed by atoms with E-state index in [0.29, 0.717) is 23.4 Å². The lowest BCUT2D eigenvalue weighted by Gasteiger charge is -2.28. The van der Waals surface area contributed by atoms with E-state index in [1.165, 1.54) is 0 Å². The molecule has 1 unspecified atom stereocenters. The second kappa shape index (κ2) is 8.27. The quantitative estimate of drug-likeness (QED) is 0.516. The summed E-state index contributed by atoms with van der Waals surface area (Å²) in [5, 5.41) is 0. The number of hydrogen-bond donors (Lipinski definition) is 0. The van der Waals surface area contributed by atoms with E-state index in [4.69, 9.17) is 14.2 Å². The Balaban J connectivity index is 2.04. The third kappa shape index (κ3) is 3.39. The highest BCUT2D eigenvalue weighted by Gasteiger charge is 2.60. The first-order chi connectivity index (χ1) is 13.9. The van der Waals surface area contributed by atoms with Gasteiger partial charge in [0, 0.05) is 11.3 Å². The van der Waals surface area contributed by atoms with Gasteiger partial charge in [0.25, 0.3) is 5.91 Å². The standard InChI is InChI=1S/C22H27NO6/c1-5-16-17-12-22(20(25)28-6-2,21(26)29-7-3)13-18(17)23(19(16)24)14-8-10-15(27-4)11-9-14/h8-11,18H,5-7,12-13H2,1-4H3. The molecule has 0 bridgehead atoms. The lowest BCUT2D eigenvalue weighted by atomic mass is 9.84. The van der Waals surface area contributed by atoms with Crippen LogP contribution in [0.5, 0.6) is 5.75 Å². The number of benzene rings is 1. The average Bonchev–Trinajstić information content (AvgIpc) is 3.22. The Kier molecular flexibility index (Phi) is 5.96. The summed E-state index contributed by atoms with van der Waals surface area (Å²) in [6, 6.07) is 6.80. The van der Waals surface area contributed by atoms with Gasteiger partial charge in [0.15, 0.2) is 5.41 Å². The number of anilines is 1. The molecule has 1 saturated carbocycles. The fourth-order valence-electron chi connectivity index (χ4n) is 4.30. The molecule has 0 radical (unpaired) electrons. The minimum absolute atomic E-state index is 0.0843. The lowest BCUT2D eigenvalue weighted by molar-refractivity contribution is -0.171. The molecule has 7 heteroatoms. The first kappa shape index (κ1) is 20.9. The number of hydrogen-bond acceptors (Lipinski definition) is 6. The molecule has 1 atom stereocenters. The number of rotatable bonds is 7. The van der Waals surface area contributed by atoms with Gasteiger partial charge in [0.1, 0.15) is 5.75 Å². The van der Waals surface area contributed by atoms with Crippen molar-refractivity contribution in [1.29, 1.82) is 0 Å². The number of carbonyl (C=O) groups is 3. The molecule has 1 aliphatic heterocycles. The summed E-state index contributed by atoms with van der Waals surface area (Å²) < 4.78 is 15.7. The Morgan fingerprint density at radius 3 is 2.14 bits per heavy atom. The van der Waals surface area contributed by atoms with Crippen LogP contribution in [0.3, 0.4) is 0 Å². The minimum Gasteiger partial charge on any atom is -0.497 e. The molecule has 1 aliphatic carbocycles. The fourth-order valence-corrected chi connectivity index (χ4v) is 4.30. The maximum Gasteiger partial charge on any atom is 0.323 e. The van der Waals surface area contributed by atoms with Gasteiger partial charge in [-0.1, -0.05) is 6.92 Å². The van der Waals surface area contributed by atoms with Crippen molar-refractivity contribution < 1.29 is 28.6 Å². The van der Waals surface area contributed by atoms with Crippen LogP contribution in [-0.4, -0.2) is 44.2 Å². The summed E-state index contributed by atoms with van der Waals surface area (Å²) in [6.07, 6.45) is 0.831. The Morgan fingerprint density at radius 2 is 1.66 bits per heavy atom. The van der Waals surface area contributed by atoms with Gasteiger partial charge in [-0.25, -0.2) is 0 Å². The lowest BCUT2D eigenvalue weighted by Crippen LogP contribution is -2.43. The van der Waals surface area contributed by atoms with Crippen molar-refractivity contribution in [3.63, 3.8) is 0 Å². The summed E-state index contributed by atoms with van der Waals surface area (Å²) in [5.74, 6) is -0.571. The van der Waals surface area contributed by atoms with Crippen LogP contribution in [-0.2, 0) is 23.9 Å². The molecule has 156 valence electrons. The predicted molar refractivity (Wildman–Crippen MR) is 107 cm³/mol. The van der Waals surface area contributed by atoms with Crippen molar-refractivity contribution in [3.8, 4) is 5.75 Å². The largest absolute Gasteiger partial charge is 0.497 e. The molecule has 0 N–H and O–H groups in total. The molecule has 0 spiro atoms.